The Morgan fingerprint density at radius 1 is 1.21 bits per heavy atom. The molecule has 0 unspecified atom stereocenters. The van der Waals surface area contributed by atoms with Crippen molar-refractivity contribution in [3.63, 3.8) is 0 Å². The van der Waals surface area contributed by atoms with Crippen molar-refractivity contribution in [3.05, 3.63) is 30.1 Å². The molecule has 1 amide bonds. The predicted molar refractivity (Wildman–Crippen MR) is 88.3 cm³/mol. The van der Waals surface area contributed by atoms with Crippen molar-refractivity contribution in [2.75, 3.05) is 39.4 Å². The predicted octanol–water partition coefficient (Wildman–Crippen LogP) is 0.920. The van der Waals surface area contributed by atoms with Crippen LogP contribution in [0.5, 0.6) is 0 Å². The van der Waals surface area contributed by atoms with Crippen LogP contribution in [0, 0.1) is 5.92 Å². The van der Waals surface area contributed by atoms with Crippen molar-refractivity contribution < 1.29 is 14.3 Å². The molecule has 0 bridgehead atoms. The van der Waals surface area contributed by atoms with Gasteiger partial charge in [-0.05, 0) is 24.1 Å². The molecule has 3 aliphatic heterocycles. The largest absolute Gasteiger partial charge is 0.378 e. The Morgan fingerprint density at radius 3 is 2.75 bits per heavy atom. The Bertz CT molecular complexity index is 548. The third kappa shape index (κ3) is 3.61. The molecule has 4 heterocycles. The highest BCUT2D eigenvalue weighted by Crippen LogP contribution is 2.35. The van der Waals surface area contributed by atoms with Gasteiger partial charge in [0.1, 0.15) is 0 Å². The van der Waals surface area contributed by atoms with E-state index in [4.69, 9.17) is 9.47 Å². The molecule has 3 atom stereocenters. The normalized spacial score (nSPS) is 30.5. The molecule has 0 N–H and O–H groups in total. The maximum absolute atomic E-state index is 12.4. The van der Waals surface area contributed by atoms with E-state index in [1.165, 1.54) is 5.56 Å². The lowest BCUT2D eigenvalue weighted by atomic mass is 10.0. The molecule has 1 aromatic rings. The first-order chi connectivity index (χ1) is 11.8. The van der Waals surface area contributed by atoms with Crippen molar-refractivity contribution >= 4 is 5.91 Å². The summed E-state index contributed by atoms with van der Waals surface area (Å²) in [5.74, 6) is 0.784. The Labute approximate surface area is 142 Å². The van der Waals surface area contributed by atoms with E-state index >= 15 is 0 Å². The zero-order valence-corrected chi connectivity index (χ0v) is 14.0. The van der Waals surface area contributed by atoms with Gasteiger partial charge in [0.05, 0.1) is 31.8 Å². The lowest BCUT2D eigenvalue weighted by Gasteiger charge is -2.28. The van der Waals surface area contributed by atoms with Gasteiger partial charge in [0.15, 0.2) is 0 Å². The minimum atomic E-state index is 0.0958. The SMILES string of the molecule is O=C(C[C@@H]1C[C@H]2CN(Cc3ccncc3)C[C@H]2O1)N1CCOCC1. The summed E-state index contributed by atoms with van der Waals surface area (Å²) in [4.78, 5) is 20.8. The van der Waals surface area contributed by atoms with Gasteiger partial charge in [0.25, 0.3) is 0 Å². The molecule has 0 aliphatic carbocycles. The number of hydrogen-bond acceptors (Lipinski definition) is 5. The minimum Gasteiger partial charge on any atom is -0.378 e. The highest BCUT2D eigenvalue weighted by atomic mass is 16.5. The lowest BCUT2D eigenvalue weighted by Crippen LogP contribution is -2.42. The molecule has 3 aliphatic rings. The molecule has 1 aromatic heterocycles. The first-order valence-corrected chi connectivity index (χ1v) is 8.90. The van der Waals surface area contributed by atoms with Gasteiger partial charge in [0, 0.05) is 51.0 Å². The van der Waals surface area contributed by atoms with E-state index < -0.39 is 0 Å². The molecule has 4 rings (SSSR count). The molecule has 24 heavy (non-hydrogen) atoms. The van der Waals surface area contributed by atoms with E-state index in [-0.39, 0.29) is 18.1 Å². The van der Waals surface area contributed by atoms with E-state index in [1.54, 1.807) is 0 Å². The number of nitrogens with zero attached hydrogens (tertiary/aromatic N) is 3. The number of likely N-dealkylation sites (tertiary alicyclic amines) is 1. The number of carbonyl (C=O) groups is 1. The van der Waals surface area contributed by atoms with Gasteiger partial charge < -0.3 is 14.4 Å². The number of fused-ring (bicyclic) bond motifs is 1. The minimum absolute atomic E-state index is 0.0958. The Balaban J connectivity index is 1.24. The van der Waals surface area contributed by atoms with Gasteiger partial charge in [-0.25, -0.2) is 0 Å². The standard InChI is InChI=1S/C18H25N3O3/c22-18(21-5-7-23-8-6-21)10-16-9-15-12-20(13-17(15)24-16)11-14-1-3-19-4-2-14/h1-4,15-17H,5-13H2/t15-,16-,17+/m0/s1. The van der Waals surface area contributed by atoms with Gasteiger partial charge in [-0.1, -0.05) is 0 Å². The van der Waals surface area contributed by atoms with Gasteiger partial charge >= 0.3 is 0 Å². The van der Waals surface area contributed by atoms with E-state index in [1.807, 2.05) is 17.3 Å². The first kappa shape index (κ1) is 16.0. The number of pyridine rings is 1. The highest BCUT2D eigenvalue weighted by molar-refractivity contribution is 5.76. The van der Waals surface area contributed by atoms with Crippen LogP contribution in [0.3, 0.4) is 0 Å². The van der Waals surface area contributed by atoms with E-state index in [2.05, 4.69) is 22.0 Å². The topological polar surface area (TPSA) is 54.9 Å². The van der Waals surface area contributed by atoms with E-state index in [0.29, 0.717) is 25.6 Å². The van der Waals surface area contributed by atoms with Crippen molar-refractivity contribution in [2.24, 2.45) is 5.92 Å². The summed E-state index contributed by atoms with van der Waals surface area (Å²) < 4.78 is 11.5. The molecule has 0 aromatic carbocycles. The summed E-state index contributed by atoms with van der Waals surface area (Å²) in [6, 6.07) is 4.14. The molecule has 3 saturated heterocycles. The van der Waals surface area contributed by atoms with E-state index in [9.17, 15) is 4.79 Å². The van der Waals surface area contributed by atoms with Crippen LogP contribution in [0.25, 0.3) is 0 Å². The third-order valence-corrected chi connectivity index (χ3v) is 5.31. The second-order valence-corrected chi connectivity index (χ2v) is 7.04. The molecule has 0 saturated carbocycles. The first-order valence-electron chi connectivity index (χ1n) is 8.90. The second-order valence-electron chi connectivity index (χ2n) is 7.04. The van der Waals surface area contributed by atoms with Crippen LogP contribution in [0.15, 0.2) is 24.5 Å². The summed E-state index contributed by atoms with van der Waals surface area (Å²) in [5.41, 5.74) is 1.30. The molecule has 0 radical (unpaired) electrons. The smallest absolute Gasteiger partial charge is 0.225 e. The fourth-order valence-corrected chi connectivity index (χ4v) is 4.09. The van der Waals surface area contributed by atoms with Gasteiger partial charge in [-0.15, -0.1) is 0 Å². The summed E-state index contributed by atoms with van der Waals surface area (Å²) in [5, 5.41) is 0. The molecule has 130 valence electrons. The number of amides is 1. The zero-order chi connectivity index (χ0) is 16.4. The van der Waals surface area contributed by atoms with Crippen LogP contribution < -0.4 is 0 Å². The summed E-state index contributed by atoms with van der Waals surface area (Å²) in [7, 11) is 0. The molecular formula is C18H25N3O3. The van der Waals surface area contributed by atoms with Crippen LogP contribution in [0.2, 0.25) is 0 Å². The molecule has 0 spiro atoms. The maximum Gasteiger partial charge on any atom is 0.225 e. The Hall–Kier alpha value is -1.50. The number of rotatable bonds is 4. The maximum atomic E-state index is 12.4. The van der Waals surface area contributed by atoms with Crippen molar-refractivity contribution in [3.8, 4) is 0 Å². The van der Waals surface area contributed by atoms with Crippen molar-refractivity contribution in [2.45, 2.75) is 31.6 Å². The van der Waals surface area contributed by atoms with Crippen LogP contribution in [-0.4, -0.2) is 72.3 Å². The summed E-state index contributed by atoms with van der Waals surface area (Å²) >= 11 is 0. The average Bonchev–Trinajstić information content (AvgIpc) is 3.14. The molecule has 6 nitrogen and oxygen atoms in total. The summed E-state index contributed by atoms with van der Waals surface area (Å²) in [6.45, 7) is 5.75. The van der Waals surface area contributed by atoms with Crippen molar-refractivity contribution in [1.82, 2.24) is 14.8 Å². The van der Waals surface area contributed by atoms with Crippen molar-refractivity contribution in [1.29, 1.82) is 0 Å². The van der Waals surface area contributed by atoms with Crippen LogP contribution in [0.4, 0.5) is 0 Å². The Kier molecular flexibility index (Phi) is 4.78. The molecule has 6 heteroatoms. The van der Waals surface area contributed by atoms with E-state index in [0.717, 1.165) is 39.1 Å². The summed E-state index contributed by atoms with van der Waals surface area (Å²) in [6.07, 6.45) is 5.60. The number of ether oxygens (including phenoxy) is 2. The molecule has 3 fully saturated rings. The van der Waals surface area contributed by atoms with Gasteiger partial charge in [0.2, 0.25) is 5.91 Å². The lowest BCUT2D eigenvalue weighted by molar-refractivity contribution is -0.138. The fraction of sp³-hybridized carbons (Fsp3) is 0.667. The number of morpholine rings is 1. The average molecular weight is 331 g/mol. The Morgan fingerprint density at radius 2 is 2.00 bits per heavy atom. The second kappa shape index (κ2) is 7.17. The fourth-order valence-electron chi connectivity index (χ4n) is 4.09. The van der Waals surface area contributed by atoms with Crippen LogP contribution in [0.1, 0.15) is 18.4 Å². The molecular weight excluding hydrogens is 306 g/mol. The van der Waals surface area contributed by atoms with Crippen LogP contribution in [-0.2, 0) is 20.8 Å². The number of carbonyl (C=O) groups excluding carboxylic acids is 1. The zero-order valence-electron chi connectivity index (χ0n) is 14.0. The van der Waals surface area contributed by atoms with Gasteiger partial charge in [-0.3, -0.25) is 14.7 Å². The number of hydrogen-bond donors (Lipinski definition) is 0. The third-order valence-electron chi connectivity index (χ3n) is 5.31. The van der Waals surface area contributed by atoms with Crippen LogP contribution >= 0.6 is 0 Å². The van der Waals surface area contributed by atoms with Gasteiger partial charge in [-0.2, -0.15) is 0 Å². The number of aromatic nitrogens is 1. The quantitative estimate of drug-likeness (QED) is 0.821. The monoisotopic (exact) mass is 331 g/mol. The highest BCUT2D eigenvalue weighted by Gasteiger charge is 2.42.